The van der Waals surface area contributed by atoms with Crippen molar-refractivity contribution >= 4 is 62.2 Å². The van der Waals surface area contributed by atoms with Crippen LogP contribution in [-0.2, 0) is 100 Å². The summed E-state index contributed by atoms with van der Waals surface area (Å²) >= 11 is 1.83. The van der Waals surface area contributed by atoms with Crippen LogP contribution in [0.15, 0.2) is 0 Å². The first-order valence-corrected chi connectivity index (χ1v) is 32.7. The number of fused-ring (bicyclic) bond motifs is 1. The molecule has 6 heterocycles. The summed E-state index contributed by atoms with van der Waals surface area (Å²) in [6.45, 7) is -2.15. The van der Waals surface area contributed by atoms with E-state index in [-0.39, 0.29) is 142 Å². The third-order valence-corrected chi connectivity index (χ3v) is 17.3. The fourth-order valence-corrected chi connectivity index (χ4v) is 12.7. The van der Waals surface area contributed by atoms with Gasteiger partial charge in [-0.25, -0.2) is 21.6 Å². The predicted molar refractivity (Wildman–Crippen MR) is 295 cm³/mol. The minimum atomic E-state index is -5.55. The summed E-state index contributed by atoms with van der Waals surface area (Å²) in [4.78, 5) is 61.5. The minimum absolute atomic E-state index is 0. The van der Waals surface area contributed by atoms with Crippen LogP contribution in [0, 0.1) is 0 Å². The SMILES string of the molecule is CC(=O)NC1C(OCCCNC(=O)COCCOCCOCCNC(=O)CCCCC2SCC3NC(=O)NC32)OC(COS(=O)(=O)[O-])C(OC2OC(CO)C(O)C(OC3OC(COS(=O)(=O)[O-])C(O)C(OC4OC(CO)C(O)C(O)C4O)C3NC(C)=O)C2O)C1O.[Na+].[Na+]. The standard InChI is InChI=1S/C49H84N6O33S3.2Na/c1-22(58)52-33-38(65)42(86-48-41(68)44(36(63)26(17-57)83-48)88-46-34(53-23(2)59)43(37(64)27(84-46)18-80-90(70,71)72)87-47-40(67)39(66)35(62)25(16-56)82-47)28(19-81-91(73,74)75)85-45(33)79-10-5-8-50-31(61)20-78-15-14-77-13-12-76-11-9-51-30(60)7-4-3-6-29-32-24(21-89-29)54-49(69)55-32;;/h24-29,32-48,56-57,62-68H,3-21H2,1-2H3,(H,50,61)(H,51,60)(H,52,58)(H,53,59)(H2,54,55,69)(H,70,71,72)(H,73,74,75);;/q;2*+1/p-2. The van der Waals surface area contributed by atoms with Crippen molar-refractivity contribution in [2.24, 2.45) is 0 Å². The van der Waals surface area contributed by atoms with Crippen molar-refractivity contribution in [3.8, 4) is 0 Å². The van der Waals surface area contributed by atoms with Crippen molar-refractivity contribution in [3.63, 3.8) is 0 Å². The third kappa shape index (κ3) is 26.2. The molecule has 0 saturated carbocycles. The second kappa shape index (κ2) is 40.6. The second-order valence-corrected chi connectivity index (χ2v) is 25.1. The van der Waals surface area contributed by atoms with Crippen LogP contribution in [0.1, 0.15) is 46.0 Å². The van der Waals surface area contributed by atoms with Crippen LogP contribution in [0.5, 0.6) is 0 Å². The number of hydrogen-bond acceptors (Lipinski definition) is 34. The van der Waals surface area contributed by atoms with Crippen LogP contribution < -0.4 is 91.0 Å². The average Bonchev–Trinajstić information content (AvgIpc) is 1.47. The molecule has 23 atom stereocenters. The normalized spacial score (nSPS) is 35.2. The van der Waals surface area contributed by atoms with E-state index in [0.29, 0.717) is 18.2 Å². The molecule has 6 rings (SSSR count). The molecule has 0 radical (unpaired) electrons. The fourth-order valence-electron chi connectivity index (χ4n) is 10.5. The van der Waals surface area contributed by atoms with Gasteiger partial charge in [0.1, 0.15) is 104 Å². The van der Waals surface area contributed by atoms with Crippen LogP contribution in [0.25, 0.3) is 0 Å². The maximum atomic E-state index is 12.7. The first-order valence-electron chi connectivity index (χ1n) is 29.0. The molecule has 526 valence electrons. The van der Waals surface area contributed by atoms with Crippen molar-refractivity contribution in [2.75, 3.05) is 91.5 Å². The maximum Gasteiger partial charge on any atom is 1.00 e. The molecule has 6 amide bonds. The van der Waals surface area contributed by atoms with Crippen molar-refractivity contribution < 1.29 is 215 Å². The van der Waals surface area contributed by atoms with Crippen LogP contribution in [0.2, 0.25) is 0 Å². The topological polar surface area (TPSA) is 574 Å². The zero-order valence-electron chi connectivity index (χ0n) is 51.3. The van der Waals surface area contributed by atoms with Gasteiger partial charge in [0, 0.05) is 44.4 Å². The van der Waals surface area contributed by atoms with E-state index in [9.17, 15) is 95.9 Å². The monoisotopic (exact) mass is 1420 g/mol. The summed E-state index contributed by atoms with van der Waals surface area (Å²) in [6, 6.07) is -3.40. The van der Waals surface area contributed by atoms with E-state index < -0.39 is 188 Å². The van der Waals surface area contributed by atoms with E-state index in [1.54, 1.807) is 0 Å². The van der Waals surface area contributed by atoms with Gasteiger partial charge in [-0.05, 0) is 19.3 Å². The Kier molecular flexibility index (Phi) is 36.6. The van der Waals surface area contributed by atoms with Crippen molar-refractivity contribution in [1.82, 2.24) is 31.9 Å². The van der Waals surface area contributed by atoms with Crippen LogP contribution >= 0.6 is 11.8 Å². The van der Waals surface area contributed by atoms with E-state index in [2.05, 4.69) is 40.3 Å². The van der Waals surface area contributed by atoms with Gasteiger partial charge in [-0.3, -0.25) is 27.5 Å². The number of urea groups is 1. The molecule has 6 aliphatic heterocycles. The number of thioether (sulfide) groups is 1. The van der Waals surface area contributed by atoms with Crippen LogP contribution in [0.4, 0.5) is 4.79 Å². The molecule has 6 fully saturated rings. The van der Waals surface area contributed by atoms with Gasteiger partial charge >= 0.3 is 65.1 Å². The quantitative estimate of drug-likeness (QED) is 0.00903. The smallest absolute Gasteiger partial charge is 0.726 e. The van der Waals surface area contributed by atoms with Gasteiger partial charge in [-0.2, -0.15) is 11.8 Å². The largest absolute Gasteiger partial charge is 1.00 e. The molecule has 0 aromatic rings. The first-order chi connectivity index (χ1) is 43.1. The van der Waals surface area contributed by atoms with Crippen LogP contribution in [0.3, 0.4) is 0 Å². The molecule has 6 aliphatic rings. The van der Waals surface area contributed by atoms with E-state index in [0.717, 1.165) is 38.9 Å². The number of unbranched alkanes of at least 4 members (excludes halogenated alkanes) is 1. The van der Waals surface area contributed by atoms with E-state index in [1.807, 2.05) is 11.8 Å². The Morgan fingerprint density at radius 3 is 1.74 bits per heavy atom. The molecule has 0 aliphatic carbocycles. The number of aliphatic hydroxyl groups excluding tert-OH is 9. The molecule has 93 heavy (non-hydrogen) atoms. The molecule has 0 bridgehead atoms. The molecule has 6 saturated heterocycles. The number of rotatable bonds is 37. The summed E-state index contributed by atoms with van der Waals surface area (Å²) in [5, 5.41) is 115. The zero-order valence-corrected chi connectivity index (χ0v) is 57.7. The number of aliphatic hydroxyl groups is 9. The Labute approximate surface area is 583 Å². The molecular weight excluding hydrogens is 1340 g/mol. The Hall–Kier alpha value is -1.56. The Morgan fingerprint density at radius 2 is 1.11 bits per heavy atom. The molecule has 15 N–H and O–H groups in total. The van der Waals surface area contributed by atoms with E-state index in [4.69, 9.17) is 52.1 Å². The van der Waals surface area contributed by atoms with Crippen molar-refractivity contribution in [1.29, 1.82) is 0 Å². The molecule has 23 unspecified atom stereocenters. The molecule has 0 spiro atoms. The zero-order chi connectivity index (χ0) is 66.7. The third-order valence-electron chi connectivity index (χ3n) is 14.9. The molecule has 44 heteroatoms. The summed E-state index contributed by atoms with van der Waals surface area (Å²) in [7, 11) is -11.1. The predicted octanol–water partition coefficient (Wildman–Crippen LogP) is -16.1. The molecule has 39 nitrogen and oxygen atoms in total. The summed E-state index contributed by atoms with van der Waals surface area (Å²) in [5.41, 5.74) is 0. The van der Waals surface area contributed by atoms with E-state index in [1.165, 1.54) is 0 Å². The molecular formula is C49H82N6Na2O33S3. The van der Waals surface area contributed by atoms with Gasteiger partial charge in [0.15, 0.2) is 25.2 Å². The maximum absolute atomic E-state index is 12.7. The van der Waals surface area contributed by atoms with Crippen molar-refractivity contribution in [3.05, 3.63) is 0 Å². The van der Waals surface area contributed by atoms with Gasteiger partial charge in [-0.15, -0.1) is 0 Å². The van der Waals surface area contributed by atoms with Crippen LogP contribution in [-0.4, -0.2) is 333 Å². The summed E-state index contributed by atoms with van der Waals surface area (Å²) < 4.78 is 141. The second-order valence-electron chi connectivity index (χ2n) is 21.7. The summed E-state index contributed by atoms with van der Waals surface area (Å²) in [5.74, 6) is -1.49. The minimum Gasteiger partial charge on any atom is -0.726 e. The van der Waals surface area contributed by atoms with Gasteiger partial charge < -0.3 is 139 Å². The summed E-state index contributed by atoms with van der Waals surface area (Å²) in [6.07, 6.45) is -34.0. The van der Waals surface area contributed by atoms with Gasteiger partial charge in [-0.1, -0.05) is 6.42 Å². The van der Waals surface area contributed by atoms with Gasteiger partial charge in [0.25, 0.3) is 0 Å². The first kappa shape index (κ1) is 83.9. The molecule has 0 aromatic heterocycles. The fraction of sp³-hybridized carbons (Fsp3) is 0.898. The molecule has 0 aromatic carbocycles. The Balaban J connectivity index is 0.00000922. The number of carbonyl (C=O) groups is 5. The number of nitrogens with one attached hydrogen (secondary N) is 6. The van der Waals surface area contributed by atoms with Gasteiger partial charge in [0.05, 0.1) is 78.2 Å². The number of carbonyl (C=O) groups excluding carboxylic acids is 5. The number of hydrogen-bond donors (Lipinski definition) is 15. The van der Waals surface area contributed by atoms with E-state index >= 15 is 0 Å². The Morgan fingerprint density at radius 1 is 0.570 bits per heavy atom. The van der Waals surface area contributed by atoms with Crippen molar-refractivity contribution in [2.45, 2.75) is 186 Å². The number of ether oxygens (including phenoxy) is 11. The average molecular weight is 1430 g/mol. The number of amides is 6. The Bertz CT molecular complexity index is 2550. The van der Waals surface area contributed by atoms with Gasteiger partial charge in [0.2, 0.25) is 44.4 Å².